The number of hydrogen-bond acceptors (Lipinski definition) is 9. The predicted octanol–water partition coefficient (Wildman–Crippen LogP) is 1.48. The lowest BCUT2D eigenvalue weighted by atomic mass is 10.3. The van der Waals surface area contributed by atoms with Crippen molar-refractivity contribution in [2.75, 3.05) is 37.2 Å². The normalized spacial score (nSPS) is 15.8. The van der Waals surface area contributed by atoms with Crippen molar-refractivity contribution in [3.63, 3.8) is 0 Å². The number of nitrogens with one attached hydrogen (secondary N) is 1. The largest absolute Gasteiger partial charge is 0.360 e. The number of rotatable bonds is 8. The Morgan fingerprint density at radius 1 is 1.27 bits per heavy atom. The highest BCUT2D eigenvalue weighted by atomic mass is 32.2. The molecule has 1 aromatic heterocycles. The second kappa shape index (κ2) is 10.3. The third-order valence-electron chi connectivity index (χ3n) is 4.98. The van der Waals surface area contributed by atoms with Crippen molar-refractivity contribution >= 4 is 45.1 Å². The second-order valence-electron chi connectivity index (χ2n) is 7.27. The van der Waals surface area contributed by atoms with E-state index >= 15 is 0 Å². The van der Waals surface area contributed by atoms with E-state index in [4.69, 9.17) is 4.52 Å². The van der Waals surface area contributed by atoms with Crippen LogP contribution in [0.2, 0.25) is 0 Å². The number of amides is 2. The van der Waals surface area contributed by atoms with E-state index in [-0.39, 0.29) is 48.6 Å². The molecule has 178 valence electrons. The average Bonchev–Trinajstić information content (AvgIpc) is 3.21. The number of aryl methyl sites for hydroxylation is 1. The summed E-state index contributed by atoms with van der Waals surface area (Å²) < 4.78 is 31.8. The van der Waals surface area contributed by atoms with Crippen LogP contribution in [0.15, 0.2) is 39.8 Å². The number of carbonyl (C=O) groups is 2. The van der Waals surface area contributed by atoms with E-state index in [0.717, 1.165) is 22.1 Å². The maximum atomic E-state index is 12.9. The Balaban J connectivity index is 1.51. The number of piperazine rings is 1. The minimum Gasteiger partial charge on any atom is -0.360 e. The number of hydrogen-bond donors (Lipinski definition) is 1. The maximum Gasteiger partial charge on any atom is 0.289 e. The molecule has 1 unspecified atom stereocenters. The molecule has 0 aliphatic carbocycles. The lowest BCUT2D eigenvalue weighted by Gasteiger charge is -2.34. The van der Waals surface area contributed by atoms with Gasteiger partial charge in [-0.2, -0.15) is 4.31 Å². The number of nitrogens with zero attached hydrogens (tertiary/aromatic N) is 4. The van der Waals surface area contributed by atoms with Crippen LogP contribution >= 0.6 is 11.8 Å². The van der Waals surface area contributed by atoms with Crippen molar-refractivity contribution in [1.29, 1.82) is 0 Å². The molecule has 1 atom stereocenters. The Hall–Kier alpha value is -2.97. The summed E-state index contributed by atoms with van der Waals surface area (Å²) in [5, 5.41) is 17.0. The number of sulfonamides is 1. The topological polar surface area (TPSA) is 156 Å². The van der Waals surface area contributed by atoms with Crippen LogP contribution < -0.4 is 5.32 Å². The van der Waals surface area contributed by atoms with Gasteiger partial charge in [0.05, 0.1) is 15.9 Å². The number of anilines is 1. The van der Waals surface area contributed by atoms with Crippen molar-refractivity contribution in [3.05, 3.63) is 46.2 Å². The van der Waals surface area contributed by atoms with Crippen LogP contribution in [0.5, 0.6) is 0 Å². The molecule has 12 nitrogen and oxygen atoms in total. The molecule has 1 aliphatic rings. The Morgan fingerprint density at radius 2 is 1.94 bits per heavy atom. The van der Waals surface area contributed by atoms with Gasteiger partial charge in [0.1, 0.15) is 5.76 Å². The zero-order chi connectivity index (χ0) is 24.2. The summed E-state index contributed by atoms with van der Waals surface area (Å²) in [6.45, 7) is 3.71. The van der Waals surface area contributed by atoms with Crippen LogP contribution in [0.4, 0.5) is 11.5 Å². The molecule has 2 aromatic rings. The Labute approximate surface area is 194 Å². The minimum atomic E-state index is -4.07. The molecule has 33 heavy (non-hydrogen) atoms. The zero-order valence-corrected chi connectivity index (χ0v) is 19.6. The molecule has 1 aromatic carbocycles. The summed E-state index contributed by atoms with van der Waals surface area (Å²) in [6, 6.07) is 6.76. The van der Waals surface area contributed by atoms with Gasteiger partial charge in [-0.3, -0.25) is 19.7 Å². The van der Waals surface area contributed by atoms with Crippen LogP contribution in [0.3, 0.4) is 0 Å². The Bertz CT molecular complexity index is 1140. The fourth-order valence-corrected chi connectivity index (χ4v) is 5.52. The van der Waals surface area contributed by atoms with Crippen molar-refractivity contribution in [2.24, 2.45) is 0 Å². The summed E-state index contributed by atoms with van der Waals surface area (Å²) in [7, 11) is -4.07. The molecule has 2 heterocycles. The summed E-state index contributed by atoms with van der Waals surface area (Å²) in [5.74, 6) is 0.362. The number of nitro groups is 1. The van der Waals surface area contributed by atoms with Gasteiger partial charge < -0.3 is 14.7 Å². The fourth-order valence-electron chi connectivity index (χ4n) is 3.16. The lowest BCUT2D eigenvalue weighted by Crippen LogP contribution is -2.51. The molecule has 1 aliphatic heterocycles. The van der Waals surface area contributed by atoms with E-state index in [0.29, 0.717) is 11.6 Å². The summed E-state index contributed by atoms with van der Waals surface area (Å²) in [4.78, 5) is 36.4. The van der Waals surface area contributed by atoms with E-state index in [1.165, 1.54) is 23.1 Å². The highest BCUT2D eigenvalue weighted by Gasteiger charge is 2.34. The number of aromatic nitrogens is 1. The SMILES string of the molecule is Cc1cc(NC(=O)C(C)SCC(=O)N2CCN(S(=O)(=O)c3ccccc3[N+](=O)[O-])CC2)no1. The van der Waals surface area contributed by atoms with E-state index in [1.54, 1.807) is 19.9 Å². The second-order valence-corrected chi connectivity index (χ2v) is 10.5. The molecule has 1 fully saturated rings. The third-order valence-corrected chi connectivity index (χ3v) is 8.05. The van der Waals surface area contributed by atoms with Crippen molar-refractivity contribution in [1.82, 2.24) is 14.4 Å². The summed E-state index contributed by atoms with van der Waals surface area (Å²) >= 11 is 1.15. The minimum absolute atomic E-state index is 0.0202. The van der Waals surface area contributed by atoms with Gasteiger partial charge in [0.15, 0.2) is 10.7 Å². The molecule has 1 saturated heterocycles. The molecule has 14 heteroatoms. The van der Waals surface area contributed by atoms with Gasteiger partial charge in [-0.05, 0) is 19.9 Å². The van der Waals surface area contributed by atoms with Gasteiger partial charge in [-0.15, -0.1) is 11.8 Å². The standard InChI is InChI=1S/C19H23N5O7S2/c1-13-11-17(21-31-13)20-19(26)14(2)32-12-18(25)22-7-9-23(10-8-22)33(29,30)16-6-4-3-5-15(16)24(27)28/h3-6,11,14H,7-10,12H2,1-2H3,(H,20,21,26). The molecule has 0 bridgehead atoms. The molecule has 2 amide bonds. The van der Waals surface area contributed by atoms with Gasteiger partial charge in [-0.25, -0.2) is 8.42 Å². The van der Waals surface area contributed by atoms with E-state index in [9.17, 15) is 28.1 Å². The van der Waals surface area contributed by atoms with Gasteiger partial charge >= 0.3 is 0 Å². The van der Waals surface area contributed by atoms with Gasteiger partial charge in [0.2, 0.25) is 21.8 Å². The Kier molecular flexibility index (Phi) is 7.71. The molecule has 1 N–H and O–H groups in total. The highest BCUT2D eigenvalue weighted by molar-refractivity contribution is 8.01. The number of thioether (sulfide) groups is 1. The monoisotopic (exact) mass is 497 g/mol. The molecular formula is C19H23N5O7S2. The number of carbonyl (C=O) groups excluding carboxylic acids is 2. The van der Waals surface area contributed by atoms with Crippen LogP contribution in [0.25, 0.3) is 0 Å². The summed E-state index contributed by atoms with van der Waals surface area (Å²) in [5.41, 5.74) is -0.486. The molecule has 0 spiro atoms. The van der Waals surface area contributed by atoms with Gasteiger partial charge in [-0.1, -0.05) is 17.3 Å². The van der Waals surface area contributed by atoms with E-state index < -0.39 is 25.9 Å². The first kappa shape index (κ1) is 24.7. The number of para-hydroxylation sites is 1. The smallest absolute Gasteiger partial charge is 0.289 e. The number of benzene rings is 1. The fraction of sp³-hybridized carbons (Fsp3) is 0.421. The summed E-state index contributed by atoms with van der Waals surface area (Å²) in [6.07, 6.45) is 0. The Morgan fingerprint density at radius 3 is 2.55 bits per heavy atom. The molecule has 0 saturated carbocycles. The van der Waals surface area contributed by atoms with Crippen molar-refractivity contribution in [3.8, 4) is 0 Å². The first-order valence-electron chi connectivity index (χ1n) is 9.96. The molecule has 0 radical (unpaired) electrons. The van der Waals surface area contributed by atoms with Crippen LogP contribution in [-0.4, -0.2) is 76.7 Å². The molecule has 3 rings (SSSR count). The average molecular weight is 498 g/mol. The van der Waals surface area contributed by atoms with Crippen LogP contribution in [-0.2, 0) is 19.6 Å². The first-order chi connectivity index (χ1) is 15.6. The van der Waals surface area contributed by atoms with Crippen LogP contribution in [0, 0.1) is 17.0 Å². The zero-order valence-electron chi connectivity index (χ0n) is 18.0. The van der Waals surface area contributed by atoms with Crippen molar-refractivity contribution in [2.45, 2.75) is 24.0 Å². The third kappa shape index (κ3) is 5.89. The maximum absolute atomic E-state index is 12.9. The van der Waals surface area contributed by atoms with Crippen molar-refractivity contribution < 1.29 is 27.5 Å². The highest BCUT2D eigenvalue weighted by Crippen LogP contribution is 2.27. The number of nitro benzene ring substituents is 1. The van der Waals surface area contributed by atoms with Gasteiger partial charge in [0.25, 0.3) is 5.69 Å². The van der Waals surface area contributed by atoms with E-state index in [1.807, 2.05) is 0 Å². The van der Waals surface area contributed by atoms with Crippen LogP contribution in [0.1, 0.15) is 12.7 Å². The molecular weight excluding hydrogens is 474 g/mol. The first-order valence-corrected chi connectivity index (χ1v) is 12.5. The van der Waals surface area contributed by atoms with Gasteiger partial charge in [0, 0.05) is 38.3 Å². The predicted molar refractivity (Wildman–Crippen MR) is 120 cm³/mol. The lowest BCUT2D eigenvalue weighted by molar-refractivity contribution is -0.387. The quantitative estimate of drug-likeness (QED) is 0.421. The van der Waals surface area contributed by atoms with E-state index in [2.05, 4.69) is 10.5 Å².